The van der Waals surface area contributed by atoms with E-state index in [1.807, 2.05) is 29.4 Å². The van der Waals surface area contributed by atoms with Crippen molar-refractivity contribution >= 4 is 6.03 Å². The average molecular weight is 469 g/mol. The molecule has 1 aromatic heterocycles. The van der Waals surface area contributed by atoms with Gasteiger partial charge in [-0.2, -0.15) is 0 Å². The van der Waals surface area contributed by atoms with Gasteiger partial charge in [0.2, 0.25) is 0 Å². The summed E-state index contributed by atoms with van der Waals surface area (Å²) in [6, 6.07) is 9.53. The molecule has 34 heavy (non-hydrogen) atoms. The number of nitrogens with one attached hydrogen (secondary N) is 3. The third-order valence-electron chi connectivity index (χ3n) is 7.37. The number of carbonyl (C=O) groups is 1. The van der Waals surface area contributed by atoms with Crippen molar-refractivity contribution < 1.29 is 13.9 Å². The van der Waals surface area contributed by atoms with E-state index in [1.165, 1.54) is 11.6 Å². The summed E-state index contributed by atoms with van der Waals surface area (Å²) in [5, 5.41) is 3.25. The zero-order chi connectivity index (χ0) is 23.5. The maximum atomic E-state index is 14.4. The molecule has 3 saturated heterocycles. The van der Waals surface area contributed by atoms with Crippen LogP contribution in [0.4, 0.5) is 9.18 Å². The third kappa shape index (κ3) is 4.87. The molecule has 9 heteroatoms. The fourth-order valence-corrected chi connectivity index (χ4v) is 5.58. The molecule has 0 aliphatic carbocycles. The molecule has 182 valence electrons. The van der Waals surface area contributed by atoms with Crippen LogP contribution >= 0.6 is 0 Å². The van der Waals surface area contributed by atoms with Crippen LogP contribution in [0.5, 0.6) is 5.75 Å². The Morgan fingerprint density at radius 2 is 2.03 bits per heavy atom. The average Bonchev–Trinajstić information content (AvgIpc) is 3.29. The normalized spacial score (nSPS) is 27.3. The molecule has 3 aliphatic heterocycles. The fraction of sp³-hybridized carbons (Fsp3) is 0.520. The van der Waals surface area contributed by atoms with Crippen LogP contribution in [-0.2, 0) is 6.54 Å². The maximum absolute atomic E-state index is 14.4. The molecule has 4 heterocycles. The standard InChI is InChI=1S/C25H33FN6O2/c1-34-23-6-2-5-21(26)19(23)15-31-12-3-4-18(14-31)28-25(33)32-13-9-22-20(16-32)24(30-29-22)17-7-10-27-11-8-17/h2,5-8,10-11,18,20,22,24,29-30H,3-4,9,12-16H2,1H3,(H,28,33)/t18-,20?,22?,24?/m1/s1. The minimum atomic E-state index is -0.254. The molecule has 3 fully saturated rings. The predicted molar refractivity (Wildman–Crippen MR) is 127 cm³/mol. The maximum Gasteiger partial charge on any atom is 0.317 e. The molecule has 2 aromatic rings. The van der Waals surface area contributed by atoms with Gasteiger partial charge in [-0.1, -0.05) is 6.07 Å². The summed E-state index contributed by atoms with van der Waals surface area (Å²) in [4.78, 5) is 21.5. The van der Waals surface area contributed by atoms with Crippen LogP contribution in [0.2, 0.25) is 0 Å². The number of hydrazine groups is 1. The van der Waals surface area contributed by atoms with Gasteiger partial charge in [-0.15, -0.1) is 0 Å². The van der Waals surface area contributed by atoms with Crippen molar-refractivity contribution in [2.45, 2.75) is 43.9 Å². The summed E-state index contributed by atoms with van der Waals surface area (Å²) in [6.45, 7) is 3.48. The van der Waals surface area contributed by atoms with Gasteiger partial charge in [-0.3, -0.25) is 15.3 Å². The summed E-state index contributed by atoms with van der Waals surface area (Å²) >= 11 is 0. The van der Waals surface area contributed by atoms with Crippen LogP contribution in [-0.4, -0.2) is 66.2 Å². The van der Waals surface area contributed by atoms with Crippen molar-refractivity contribution in [1.82, 2.24) is 31.0 Å². The van der Waals surface area contributed by atoms with Crippen LogP contribution in [0.15, 0.2) is 42.7 Å². The lowest BCUT2D eigenvalue weighted by Gasteiger charge is -2.38. The quantitative estimate of drug-likeness (QED) is 0.626. The Kier molecular flexibility index (Phi) is 6.94. The highest BCUT2D eigenvalue weighted by Gasteiger charge is 2.41. The molecule has 3 N–H and O–H groups in total. The number of halogens is 1. The zero-order valence-corrected chi connectivity index (χ0v) is 19.5. The van der Waals surface area contributed by atoms with E-state index in [2.05, 4.69) is 26.1 Å². The number of methoxy groups -OCH3 is 1. The Balaban J connectivity index is 1.18. The second-order valence-corrected chi connectivity index (χ2v) is 9.50. The number of urea groups is 1. The number of pyridine rings is 1. The lowest BCUT2D eigenvalue weighted by molar-refractivity contribution is 0.138. The van der Waals surface area contributed by atoms with Gasteiger partial charge in [0.1, 0.15) is 11.6 Å². The van der Waals surface area contributed by atoms with E-state index in [9.17, 15) is 9.18 Å². The smallest absolute Gasteiger partial charge is 0.317 e. The summed E-state index contributed by atoms with van der Waals surface area (Å²) in [5.74, 6) is 0.616. The number of benzene rings is 1. The van der Waals surface area contributed by atoms with E-state index < -0.39 is 0 Å². The van der Waals surface area contributed by atoms with E-state index >= 15 is 0 Å². The number of nitrogens with zero attached hydrogens (tertiary/aromatic N) is 3. The number of ether oxygens (including phenoxy) is 1. The van der Waals surface area contributed by atoms with E-state index in [1.54, 1.807) is 19.2 Å². The van der Waals surface area contributed by atoms with Crippen molar-refractivity contribution in [1.29, 1.82) is 0 Å². The number of rotatable bonds is 5. The number of hydrogen-bond acceptors (Lipinski definition) is 6. The van der Waals surface area contributed by atoms with Crippen LogP contribution in [0.3, 0.4) is 0 Å². The predicted octanol–water partition coefficient (Wildman–Crippen LogP) is 2.44. The van der Waals surface area contributed by atoms with Gasteiger partial charge in [0, 0.05) is 62.1 Å². The minimum Gasteiger partial charge on any atom is -0.496 e. The highest BCUT2D eigenvalue weighted by molar-refractivity contribution is 5.74. The van der Waals surface area contributed by atoms with Gasteiger partial charge in [0.15, 0.2) is 0 Å². The van der Waals surface area contributed by atoms with E-state index in [-0.39, 0.29) is 23.9 Å². The van der Waals surface area contributed by atoms with Crippen molar-refractivity contribution in [3.8, 4) is 5.75 Å². The number of piperidine rings is 2. The monoisotopic (exact) mass is 468 g/mol. The molecule has 5 rings (SSSR count). The molecule has 2 amide bonds. The molecule has 8 nitrogen and oxygen atoms in total. The number of fused-ring (bicyclic) bond motifs is 1. The summed E-state index contributed by atoms with van der Waals surface area (Å²) in [6.07, 6.45) is 6.42. The number of aromatic nitrogens is 1. The first-order valence-electron chi connectivity index (χ1n) is 12.1. The van der Waals surface area contributed by atoms with E-state index in [0.29, 0.717) is 42.9 Å². The van der Waals surface area contributed by atoms with Crippen molar-refractivity contribution in [3.63, 3.8) is 0 Å². The van der Waals surface area contributed by atoms with Crippen LogP contribution in [0.25, 0.3) is 0 Å². The van der Waals surface area contributed by atoms with Crippen molar-refractivity contribution in [3.05, 3.63) is 59.7 Å². The first-order valence-corrected chi connectivity index (χ1v) is 12.1. The number of likely N-dealkylation sites (tertiary alicyclic amines) is 2. The largest absolute Gasteiger partial charge is 0.496 e. The van der Waals surface area contributed by atoms with Gasteiger partial charge in [-0.25, -0.2) is 14.6 Å². The Labute approximate surface area is 199 Å². The highest BCUT2D eigenvalue weighted by atomic mass is 19.1. The third-order valence-corrected chi connectivity index (χ3v) is 7.37. The molecule has 0 saturated carbocycles. The Bertz CT molecular complexity index is 993. The topological polar surface area (TPSA) is 81.8 Å². The van der Waals surface area contributed by atoms with Crippen LogP contribution in [0.1, 0.15) is 36.4 Å². The minimum absolute atomic E-state index is 0.00542. The van der Waals surface area contributed by atoms with Gasteiger partial charge in [0.05, 0.1) is 13.2 Å². The van der Waals surface area contributed by atoms with Crippen molar-refractivity contribution in [2.75, 3.05) is 33.3 Å². The van der Waals surface area contributed by atoms with Crippen LogP contribution < -0.4 is 20.9 Å². The first-order chi connectivity index (χ1) is 16.6. The highest BCUT2D eigenvalue weighted by Crippen LogP contribution is 2.33. The van der Waals surface area contributed by atoms with Gasteiger partial charge >= 0.3 is 6.03 Å². The summed E-state index contributed by atoms with van der Waals surface area (Å²) < 4.78 is 19.8. The summed E-state index contributed by atoms with van der Waals surface area (Å²) in [7, 11) is 1.56. The fourth-order valence-electron chi connectivity index (χ4n) is 5.58. The number of hydrogen-bond donors (Lipinski definition) is 3. The molecule has 0 radical (unpaired) electrons. The molecular weight excluding hydrogens is 435 g/mol. The SMILES string of the molecule is COc1cccc(F)c1CN1CCC[C@@H](NC(=O)N2CCC3NNC(c4ccncc4)C3C2)C1. The summed E-state index contributed by atoms with van der Waals surface area (Å²) in [5.41, 5.74) is 8.59. The van der Waals surface area contributed by atoms with Gasteiger partial charge in [0.25, 0.3) is 0 Å². The van der Waals surface area contributed by atoms with E-state index in [4.69, 9.17) is 4.74 Å². The van der Waals surface area contributed by atoms with Crippen LogP contribution in [0, 0.1) is 11.7 Å². The van der Waals surface area contributed by atoms with Gasteiger partial charge in [-0.05, 0) is 55.6 Å². The second-order valence-electron chi connectivity index (χ2n) is 9.50. The molecule has 3 unspecified atom stereocenters. The van der Waals surface area contributed by atoms with Gasteiger partial charge < -0.3 is 15.0 Å². The molecule has 0 bridgehead atoms. The lowest BCUT2D eigenvalue weighted by atomic mass is 9.85. The van der Waals surface area contributed by atoms with Crippen molar-refractivity contribution in [2.24, 2.45) is 5.92 Å². The zero-order valence-electron chi connectivity index (χ0n) is 19.5. The Morgan fingerprint density at radius 3 is 2.85 bits per heavy atom. The molecular formula is C25H33FN6O2. The Hall–Kier alpha value is -2.75. The molecule has 1 aromatic carbocycles. The second kappa shape index (κ2) is 10.2. The number of amides is 2. The molecule has 4 atom stereocenters. The molecule has 0 spiro atoms. The lowest BCUT2D eigenvalue weighted by Crippen LogP contribution is -2.55. The number of carbonyl (C=O) groups excluding carboxylic acids is 1. The molecule has 3 aliphatic rings. The Morgan fingerprint density at radius 1 is 1.18 bits per heavy atom. The van der Waals surface area contributed by atoms with E-state index in [0.717, 1.165) is 32.4 Å². The first kappa shape index (κ1) is 23.0.